The third-order valence-electron chi connectivity index (χ3n) is 3.28. The lowest BCUT2D eigenvalue weighted by Crippen LogP contribution is -2.25. The number of nitrogens with zero attached hydrogens (tertiary/aromatic N) is 4. The quantitative estimate of drug-likeness (QED) is 0.806. The highest BCUT2D eigenvalue weighted by Crippen LogP contribution is 2.17. The van der Waals surface area contributed by atoms with Gasteiger partial charge in [-0.2, -0.15) is 10.2 Å². The molecule has 0 aliphatic heterocycles. The molecule has 0 saturated carbocycles. The van der Waals surface area contributed by atoms with Gasteiger partial charge in [0.05, 0.1) is 11.6 Å². The zero-order valence-electron chi connectivity index (χ0n) is 11.8. The van der Waals surface area contributed by atoms with Crippen LogP contribution in [0.1, 0.15) is 25.2 Å². The van der Waals surface area contributed by atoms with Gasteiger partial charge in [0.15, 0.2) is 5.82 Å². The number of likely N-dealkylation sites (N-methyl/N-ethyl adjacent to an activating group) is 1. The van der Waals surface area contributed by atoms with Gasteiger partial charge in [-0.15, -0.1) is 0 Å². The number of rotatable bonds is 6. The lowest BCUT2D eigenvalue weighted by atomic mass is 10.1. The number of hydrogen-bond acceptors (Lipinski definition) is 5. The Morgan fingerprint density at radius 1 is 1.20 bits per heavy atom. The maximum atomic E-state index is 8.77. The molecule has 104 valence electrons. The molecular weight excluding hydrogens is 252 g/mol. The predicted molar refractivity (Wildman–Crippen MR) is 75.9 cm³/mol. The minimum absolute atomic E-state index is 0.504. The molecule has 1 aromatic carbocycles. The summed E-state index contributed by atoms with van der Waals surface area (Å²) in [5.41, 5.74) is 1.46. The minimum Gasteiger partial charge on any atom is -0.334 e. The molecule has 5 nitrogen and oxygen atoms in total. The SMILES string of the molecule is CCN(CC)CCc1noc(-c2ccc(C#N)cc2)n1. The van der Waals surface area contributed by atoms with E-state index in [1.807, 2.05) is 12.1 Å². The summed E-state index contributed by atoms with van der Waals surface area (Å²) in [5, 5.41) is 12.8. The largest absolute Gasteiger partial charge is 0.334 e. The van der Waals surface area contributed by atoms with Gasteiger partial charge in [0, 0.05) is 18.5 Å². The van der Waals surface area contributed by atoms with E-state index in [-0.39, 0.29) is 0 Å². The number of hydrogen-bond donors (Lipinski definition) is 0. The third kappa shape index (κ3) is 3.43. The summed E-state index contributed by atoms with van der Waals surface area (Å²) in [7, 11) is 0. The average molecular weight is 270 g/mol. The van der Waals surface area contributed by atoms with Gasteiger partial charge >= 0.3 is 0 Å². The van der Waals surface area contributed by atoms with Crippen molar-refractivity contribution in [2.24, 2.45) is 0 Å². The van der Waals surface area contributed by atoms with Crippen LogP contribution in [0.15, 0.2) is 28.8 Å². The Balaban J connectivity index is 2.03. The highest BCUT2D eigenvalue weighted by Gasteiger charge is 2.09. The lowest BCUT2D eigenvalue weighted by molar-refractivity contribution is 0.303. The molecule has 0 spiro atoms. The molecule has 0 bridgehead atoms. The zero-order chi connectivity index (χ0) is 14.4. The van der Waals surface area contributed by atoms with Crippen LogP contribution in [0.3, 0.4) is 0 Å². The minimum atomic E-state index is 0.504. The van der Waals surface area contributed by atoms with Crippen molar-refractivity contribution in [3.8, 4) is 17.5 Å². The van der Waals surface area contributed by atoms with E-state index in [0.717, 1.165) is 37.4 Å². The second-order valence-corrected chi connectivity index (χ2v) is 4.48. The fraction of sp³-hybridized carbons (Fsp3) is 0.400. The topological polar surface area (TPSA) is 66.0 Å². The van der Waals surface area contributed by atoms with Crippen LogP contribution in [-0.2, 0) is 6.42 Å². The van der Waals surface area contributed by atoms with Crippen LogP contribution < -0.4 is 0 Å². The summed E-state index contributed by atoms with van der Waals surface area (Å²) in [6.45, 7) is 7.26. The summed E-state index contributed by atoms with van der Waals surface area (Å²) < 4.78 is 5.26. The molecule has 20 heavy (non-hydrogen) atoms. The van der Waals surface area contributed by atoms with E-state index in [9.17, 15) is 0 Å². The van der Waals surface area contributed by atoms with Gasteiger partial charge in [-0.05, 0) is 37.4 Å². The first-order chi connectivity index (χ1) is 9.76. The van der Waals surface area contributed by atoms with E-state index in [2.05, 4.69) is 35.0 Å². The Bertz CT molecular complexity index is 579. The van der Waals surface area contributed by atoms with Crippen LogP contribution >= 0.6 is 0 Å². The smallest absolute Gasteiger partial charge is 0.257 e. The van der Waals surface area contributed by atoms with E-state index in [4.69, 9.17) is 9.78 Å². The van der Waals surface area contributed by atoms with Crippen molar-refractivity contribution < 1.29 is 4.52 Å². The fourth-order valence-electron chi connectivity index (χ4n) is 1.96. The normalized spacial score (nSPS) is 10.7. The maximum absolute atomic E-state index is 8.77. The van der Waals surface area contributed by atoms with Gasteiger partial charge < -0.3 is 9.42 Å². The van der Waals surface area contributed by atoms with Gasteiger partial charge in [-0.1, -0.05) is 19.0 Å². The maximum Gasteiger partial charge on any atom is 0.257 e. The molecule has 0 aliphatic rings. The molecule has 1 aromatic heterocycles. The summed E-state index contributed by atoms with van der Waals surface area (Å²) >= 11 is 0. The highest BCUT2D eigenvalue weighted by molar-refractivity contribution is 5.54. The molecule has 2 aromatic rings. The molecule has 0 saturated heterocycles. The van der Waals surface area contributed by atoms with E-state index in [1.54, 1.807) is 12.1 Å². The van der Waals surface area contributed by atoms with E-state index in [1.165, 1.54) is 0 Å². The van der Waals surface area contributed by atoms with Crippen LogP contribution in [-0.4, -0.2) is 34.7 Å². The van der Waals surface area contributed by atoms with Gasteiger partial charge in [0.2, 0.25) is 0 Å². The Kier molecular flexibility index (Phi) is 4.85. The van der Waals surface area contributed by atoms with Crippen LogP contribution in [0.2, 0.25) is 0 Å². The molecule has 0 amide bonds. The second kappa shape index (κ2) is 6.83. The molecule has 0 N–H and O–H groups in total. The van der Waals surface area contributed by atoms with Crippen molar-refractivity contribution >= 4 is 0 Å². The summed E-state index contributed by atoms with van der Waals surface area (Å²) in [6.07, 6.45) is 0.779. The monoisotopic (exact) mass is 270 g/mol. The standard InChI is InChI=1S/C15H18N4O/c1-3-19(4-2)10-9-14-17-15(20-18-14)13-7-5-12(11-16)6-8-13/h5-8H,3-4,9-10H2,1-2H3. The first-order valence-electron chi connectivity index (χ1n) is 6.82. The Morgan fingerprint density at radius 3 is 2.50 bits per heavy atom. The van der Waals surface area contributed by atoms with Crippen LogP contribution in [0.25, 0.3) is 11.5 Å². The molecule has 0 aliphatic carbocycles. The molecule has 2 rings (SSSR count). The summed E-state index contributed by atoms with van der Waals surface area (Å²) in [6, 6.07) is 9.21. The molecular formula is C15H18N4O. The first-order valence-corrected chi connectivity index (χ1v) is 6.82. The fourth-order valence-corrected chi connectivity index (χ4v) is 1.96. The Hall–Kier alpha value is -2.19. The van der Waals surface area contributed by atoms with Crippen molar-refractivity contribution in [3.05, 3.63) is 35.7 Å². The van der Waals surface area contributed by atoms with Crippen molar-refractivity contribution in [2.75, 3.05) is 19.6 Å². The molecule has 0 atom stereocenters. The second-order valence-electron chi connectivity index (χ2n) is 4.48. The molecule has 0 fully saturated rings. The Labute approximate surface area is 118 Å². The molecule has 0 unspecified atom stereocenters. The van der Waals surface area contributed by atoms with Crippen LogP contribution in [0, 0.1) is 11.3 Å². The van der Waals surface area contributed by atoms with Gasteiger partial charge in [-0.25, -0.2) is 0 Å². The van der Waals surface area contributed by atoms with Crippen LogP contribution in [0.4, 0.5) is 0 Å². The van der Waals surface area contributed by atoms with Crippen molar-refractivity contribution in [3.63, 3.8) is 0 Å². The third-order valence-corrected chi connectivity index (χ3v) is 3.28. The Morgan fingerprint density at radius 2 is 1.90 bits per heavy atom. The summed E-state index contributed by atoms with van der Waals surface area (Å²) in [5.74, 6) is 1.22. The molecule has 1 heterocycles. The van der Waals surface area contributed by atoms with Gasteiger partial charge in [0.1, 0.15) is 0 Å². The number of benzene rings is 1. The lowest BCUT2D eigenvalue weighted by Gasteiger charge is -2.16. The van der Waals surface area contributed by atoms with E-state index < -0.39 is 0 Å². The number of nitriles is 1. The van der Waals surface area contributed by atoms with E-state index in [0.29, 0.717) is 11.5 Å². The summed E-state index contributed by atoms with van der Waals surface area (Å²) in [4.78, 5) is 6.71. The van der Waals surface area contributed by atoms with Crippen molar-refractivity contribution in [1.82, 2.24) is 15.0 Å². The van der Waals surface area contributed by atoms with Gasteiger partial charge in [0.25, 0.3) is 5.89 Å². The van der Waals surface area contributed by atoms with E-state index >= 15 is 0 Å². The van der Waals surface area contributed by atoms with Gasteiger partial charge in [-0.3, -0.25) is 0 Å². The highest BCUT2D eigenvalue weighted by atomic mass is 16.5. The van der Waals surface area contributed by atoms with Crippen molar-refractivity contribution in [2.45, 2.75) is 20.3 Å². The van der Waals surface area contributed by atoms with Crippen molar-refractivity contribution in [1.29, 1.82) is 5.26 Å². The average Bonchev–Trinajstić information content (AvgIpc) is 2.97. The molecule has 0 radical (unpaired) electrons. The first kappa shape index (κ1) is 14.2. The zero-order valence-corrected chi connectivity index (χ0v) is 11.8. The number of aromatic nitrogens is 2. The molecule has 5 heteroatoms. The van der Waals surface area contributed by atoms with Crippen LogP contribution in [0.5, 0.6) is 0 Å². The predicted octanol–water partition coefficient (Wildman–Crippen LogP) is 2.49.